The molecule has 5 heterocycles. The SMILES string of the molecule is COc1ccc2ncc(C#N)c(CCN3CC[C@@H](CNCc4ccc5c(n4)NC(=O)CO5)C3)c2n1. The summed E-state index contributed by atoms with van der Waals surface area (Å²) in [5, 5.41) is 15.8. The van der Waals surface area contributed by atoms with Gasteiger partial charge < -0.3 is 25.0 Å². The number of hydrogen-bond acceptors (Lipinski definition) is 9. The molecule has 2 N–H and O–H groups in total. The van der Waals surface area contributed by atoms with Gasteiger partial charge >= 0.3 is 0 Å². The molecule has 2 aliphatic rings. The minimum absolute atomic E-state index is 0.0321. The molecule has 3 aromatic heterocycles. The molecule has 1 fully saturated rings. The molecule has 1 atom stereocenters. The lowest BCUT2D eigenvalue weighted by molar-refractivity contribution is -0.118. The van der Waals surface area contributed by atoms with Gasteiger partial charge in [-0.1, -0.05) is 0 Å². The molecule has 0 spiro atoms. The first-order valence-corrected chi connectivity index (χ1v) is 11.7. The number of methoxy groups -OCH3 is 1. The van der Waals surface area contributed by atoms with Crippen LogP contribution >= 0.6 is 0 Å². The van der Waals surface area contributed by atoms with Crippen molar-refractivity contribution in [3.8, 4) is 17.7 Å². The summed E-state index contributed by atoms with van der Waals surface area (Å²) in [6, 6.07) is 9.69. The average molecular weight is 474 g/mol. The highest BCUT2D eigenvalue weighted by atomic mass is 16.5. The molecular formula is C25H27N7O3. The fourth-order valence-electron chi connectivity index (χ4n) is 4.62. The van der Waals surface area contributed by atoms with Crippen LogP contribution < -0.4 is 20.1 Å². The smallest absolute Gasteiger partial charge is 0.263 e. The van der Waals surface area contributed by atoms with Crippen molar-refractivity contribution in [3.63, 3.8) is 0 Å². The molecule has 180 valence electrons. The monoisotopic (exact) mass is 473 g/mol. The fourth-order valence-corrected chi connectivity index (χ4v) is 4.62. The van der Waals surface area contributed by atoms with Gasteiger partial charge in [-0.3, -0.25) is 9.78 Å². The van der Waals surface area contributed by atoms with Gasteiger partial charge in [0.25, 0.3) is 5.91 Å². The molecule has 0 bridgehead atoms. The number of nitrogens with one attached hydrogen (secondary N) is 2. The molecule has 5 rings (SSSR count). The van der Waals surface area contributed by atoms with Crippen molar-refractivity contribution in [3.05, 3.63) is 47.3 Å². The molecule has 1 amide bonds. The number of likely N-dealkylation sites (tertiary alicyclic amines) is 1. The minimum Gasteiger partial charge on any atom is -0.481 e. The summed E-state index contributed by atoms with van der Waals surface area (Å²) in [6.07, 6.45) is 3.48. The molecule has 3 aromatic rings. The van der Waals surface area contributed by atoms with E-state index in [0.29, 0.717) is 35.5 Å². The number of hydrogen-bond donors (Lipinski definition) is 2. The first-order valence-electron chi connectivity index (χ1n) is 11.7. The van der Waals surface area contributed by atoms with Crippen LogP contribution in [0.4, 0.5) is 5.82 Å². The lowest BCUT2D eigenvalue weighted by Gasteiger charge is -2.18. The summed E-state index contributed by atoms with van der Waals surface area (Å²) in [5.74, 6) is 1.97. The van der Waals surface area contributed by atoms with Crippen LogP contribution in [0.2, 0.25) is 0 Å². The van der Waals surface area contributed by atoms with Crippen molar-refractivity contribution in [1.82, 2.24) is 25.2 Å². The molecule has 35 heavy (non-hydrogen) atoms. The van der Waals surface area contributed by atoms with E-state index in [4.69, 9.17) is 9.47 Å². The Bertz CT molecular complexity index is 1290. The normalized spacial score (nSPS) is 17.5. The molecule has 2 aliphatic heterocycles. The number of nitriles is 1. The second kappa shape index (κ2) is 10.2. The topological polar surface area (TPSA) is 125 Å². The highest BCUT2D eigenvalue weighted by Crippen LogP contribution is 2.26. The van der Waals surface area contributed by atoms with E-state index in [9.17, 15) is 10.1 Å². The predicted molar refractivity (Wildman–Crippen MR) is 129 cm³/mol. The van der Waals surface area contributed by atoms with Crippen molar-refractivity contribution in [1.29, 1.82) is 5.26 Å². The number of anilines is 1. The van der Waals surface area contributed by atoms with Crippen molar-refractivity contribution >= 4 is 22.8 Å². The first-order chi connectivity index (χ1) is 17.1. The Balaban J connectivity index is 1.14. The van der Waals surface area contributed by atoms with Crippen molar-refractivity contribution in [2.45, 2.75) is 19.4 Å². The van der Waals surface area contributed by atoms with E-state index in [1.807, 2.05) is 18.2 Å². The highest BCUT2D eigenvalue weighted by Gasteiger charge is 2.23. The van der Waals surface area contributed by atoms with Crippen molar-refractivity contribution < 1.29 is 14.3 Å². The van der Waals surface area contributed by atoms with Crippen molar-refractivity contribution in [2.75, 3.05) is 45.2 Å². The summed E-state index contributed by atoms with van der Waals surface area (Å²) in [4.78, 5) is 27.4. The third kappa shape index (κ3) is 5.16. The van der Waals surface area contributed by atoms with Gasteiger partial charge in [-0.05, 0) is 50.0 Å². The van der Waals surface area contributed by atoms with Crippen molar-refractivity contribution in [2.24, 2.45) is 5.92 Å². The maximum absolute atomic E-state index is 11.5. The third-order valence-electron chi connectivity index (χ3n) is 6.44. The molecule has 0 unspecified atom stereocenters. The zero-order valence-electron chi connectivity index (χ0n) is 19.6. The Morgan fingerprint density at radius 3 is 3.09 bits per heavy atom. The number of carbonyl (C=O) groups excluding carboxylic acids is 1. The van der Waals surface area contributed by atoms with E-state index in [-0.39, 0.29) is 12.5 Å². The number of aromatic nitrogens is 3. The van der Waals surface area contributed by atoms with E-state index in [1.165, 1.54) is 0 Å². The van der Waals surface area contributed by atoms with Crippen LogP contribution in [0.15, 0.2) is 30.5 Å². The van der Waals surface area contributed by atoms with Crippen LogP contribution in [-0.4, -0.2) is 65.7 Å². The van der Waals surface area contributed by atoms with Gasteiger partial charge in [0, 0.05) is 37.5 Å². The first kappa shape index (κ1) is 23.0. The lowest BCUT2D eigenvalue weighted by Crippen LogP contribution is -2.28. The number of amides is 1. The van der Waals surface area contributed by atoms with Crippen LogP contribution in [0.3, 0.4) is 0 Å². The molecule has 1 saturated heterocycles. The van der Waals surface area contributed by atoms with Crippen LogP contribution in [0.25, 0.3) is 11.0 Å². The summed E-state index contributed by atoms with van der Waals surface area (Å²) < 4.78 is 10.6. The van der Waals surface area contributed by atoms with Crippen LogP contribution in [0.1, 0.15) is 23.2 Å². The van der Waals surface area contributed by atoms with E-state index >= 15 is 0 Å². The van der Waals surface area contributed by atoms with Gasteiger partial charge in [0.2, 0.25) is 5.88 Å². The second-order valence-corrected chi connectivity index (χ2v) is 8.81. The second-order valence-electron chi connectivity index (χ2n) is 8.81. The Kier molecular flexibility index (Phi) is 6.70. The largest absolute Gasteiger partial charge is 0.481 e. The van der Waals surface area contributed by atoms with Crippen LogP contribution in [0.5, 0.6) is 11.6 Å². The summed E-state index contributed by atoms with van der Waals surface area (Å²) in [7, 11) is 1.59. The average Bonchev–Trinajstić information content (AvgIpc) is 3.34. The number of ether oxygens (including phenoxy) is 2. The number of fused-ring (bicyclic) bond motifs is 2. The van der Waals surface area contributed by atoms with Gasteiger partial charge in [-0.2, -0.15) is 5.26 Å². The van der Waals surface area contributed by atoms with E-state index < -0.39 is 0 Å². The number of nitrogens with zero attached hydrogens (tertiary/aromatic N) is 5. The van der Waals surface area contributed by atoms with Gasteiger partial charge in [0.05, 0.1) is 29.4 Å². The third-order valence-corrected chi connectivity index (χ3v) is 6.44. The fraction of sp³-hybridized carbons (Fsp3) is 0.400. The van der Waals surface area contributed by atoms with Crippen LogP contribution in [-0.2, 0) is 17.8 Å². The number of carbonyl (C=O) groups is 1. The molecular weight excluding hydrogens is 446 g/mol. The lowest BCUT2D eigenvalue weighted by atomic mass is 10.0. The maximum Gasteiger partial charge on any atom is 0.263 e. The standard InChI is InChI=1S/C25H27N7O3/c1-34-23-5-3-20-24(31-23)19(17(10-26)12-28-20)7-9-32-8-6-16(14-32)11-27-13-18-2-4-21-25(29-18)30-22(33)15-35-21/h2-5,12,16,27H,6-9,11,13-15H2,1H3,(H,29,30,33)/t16-/m0/s1. The highest BCUT2D eigenvalue weighted by molar-refractivity contribution is 5.94. The molecule has 0 aromatic carbocycles. The van der Waals surface area contributed by atoms with E-state index in [0.717, 1.165) is 61.3 Å². The quantitative estimate of drug-likeness (QED) is 0.504. The van der Waals surface area contributed by atoms with E-state index in [1.54, 1.807) is 19.4 Å². The van der Waals surface area contributed by atoms with Crippen LogP contribution in [0, 0.1) is 17.2 Å². The Hall–Kier alpha value is -3.81. The summed E-state index contributed by atoms with van der Waals surface area (Å²) in [5.41, 5.74) is 3.86. The van der Waals surface area contributed by atoms with E-state index in [2.05, 4.69) is 36.6 Å². The van der Waals surface area contributed by atoms with Gasteiger partial charge in [0.15, 0.2) is 18.2 Å². The molecule has 0 radical (unpaired) electrons. The zero-order chi connectivity index (χ0) is 24.2. The maximum atomic E-state index is 11.5. The number of rotatable bonds is 8. The molecule has 10 heteroatoms. The Labute approximate surface area is 203 Å². The predicted octanol–water partition coefficient (Wildman–Crippen LogP) is 1.89. The minimum atomic E-state index is -0.183. The van der Waals surface area contributed by atoms with Gasteiger partial charge in [0.1, 0.15) is 6.07 Å². The summed E-state index contributed by atoms with van der Waals surface area (Å²) >= 11 is 0. The number of pyridine rings is 3. The zero-order valence-corrected chi connectivity index (χ0v) is 19.6. The van der Waals surface area contributed by atoms with Gasteiger partial charge in [-0.25, -0.2) is 9.97 Å². The van der Waals surface area contributed by atoms with Gasteiger partial charge in [-0.15, -0.1) is 0 Å². The molecule has 10 nitrogen and oxygen atoms in total. The Morgan fingerprint density at radius 2 is 2.23 bits per heavy atom. The summed E-state index contributed by atoms with van der Waals surface area (Å²) in [6.45, 7) is 4.42. The molecule has 0 aliphatic carbocycles. The molecule has 0 saturated carbocycles. The Morgan fingerprint density at radius 1 is 1.31 bits per heavy atom.